The highest BCUT2D eigenvalue weighted by molar-refractivity contribution is 6.05. The number of nitrogens with one attached hydrogen (secondary N) is 2. The Balaban J connectivity index is 1.38. The van der Waals surface area contributed by atoms with Crippen molar-refractivity contribution in [2.75, 3.05) is 37.9 Å². The van der Waals surface area contributed by atoms with Gasteiger partial charge in [-0.3, -0.25) is 4.79 Å². The lowest BCUT2D eigenvalue weighted by atomic mass is 10.1. The summed E-state index contributed by atoms with van der Waals surface area (Å²) in [5.41, 5.74) is 1.54. The molecule has 2 aromatic heterocycles. The molecule has 0 saturated carbocycles. The maximum Gasteiger partial charge on any atom is 0.419 e. The first-order valence-corrected chi connectivity index (χ1v) is 12.4. The van der Waals surface area contributed by atoms with Gasteiger partial charge in [-0.05, 0) is 75.8 Å². The minimum Gasteiger partial charge on any atom is -0.496 e. The summed E-state index contributed by atoms with van der Waals surface area (Å²) in [6.07, 6.45) is 0.547. The Labute approximate surface area is 223 Å². The molecule has 5 rings (SSSR count). The third kappa shape index (κ3) is 5.51. The number of carbonyl (C=O) groups excluding carboxylic acids is 1. The predicted molar refractivity (Wildman–Crippen MR) is 142 cm³/mol. The maximum absolute atomic E-state index is 13.4. The largest absolute Gasteiger partial charge is 0.496 e. The van der Waals surface area contributed by atoms with E-state index in [0.29, 0.717) is 17.2 Å². The summed E-state index contributed by atoms with van der Waals surface area (Å²) in [7, 11) is 3.26. The minimum absolute atomic E-state index is 0.142. The molecular weight excluding hydrogens is 511 g/mol. The van der Waals surface area contributed by atoms with Crippen LogP contribution in [0.25, 0.3) is 11.0 Å². The number of fused-ring (bicyclic) bond motifs is 1. The molecule has 0 unspecified atom stereocenters. The predicted octanol–water partition coefficient (Wildman–Crippen LogP) is 5.42. The molecule has 204 valence electrons. The number of likely N-dealkylation sites (tertiary alicyclic amines) is 1. The van der Waals surface area contributed by atoms with Crippen LogP contribution in [0.1, 0.15) is 40.4 Å². The van der Waals surface area contributed by atoms with E-state index in [0.717, 1.165) is 61.8 Å². The first kappa shape index (κ1) is 26.4. The summed E-state index contributed by atoms with van der Waals surface area (Å²) in [5.74, 6) is -0.464. The molecule has 0 atom stereocenters. The third-order valence-corrected chi connectivity index (χ3v) is 6.94. The Bertz CT molecular complexity index is 1510. The van der Waals surface area contributed by atoms with Crippen LogP contribution in [0.3, 0.4) is 0 Å². The molecule has 0 radical (unpaired) electrons. The highest BCUT2D eigenvalue weighted by atomic mass is 19.4. The topological polar surface area (TPSA) is 97.2 Å². The Morgan fingerprint density at radius 1 is 1.10 bits per heavy atom. The van der Waals surface area contributed by atoms with Crippen molar-refractivity contribution in [3.63, 3.8) is 0 Å². The lowest BCUT2D eigenvalue weighted by molar-refractivity contribution is -0.138. The Morgan fingerprint density at radius 2 is 1.87 bits per heavy atom. The number of alkyl halides is 3. The van der Waals surface area contributed by atoms with Crippen molar-refractivity contribution in [1.29, 1.82) is 0 Å². The number of hydrogen-bond acceptors (Lipinski definition) is 7. The number of aryl methyl sites for hydroxylation is 1. The second kappa shape index (κ2) is 10.5. The van der Waals surface area contributed by atoms with Gasteiger partial charge < -0.3 is 20.3 Å². The third-order valence-electron chi connectivity index (χ3n) is 6.94. The molecule has 1 saturated heterocycles. The zero-order valence-corrected chi connectivity index (χ0v) is 21.7. The zero-order valence-electron chi connectivity index (χ0n) is 21.7. The number of carbonyl (C=O) groups is 1. The number of methoxy groups -OCH3 is 1. The number of rotatable bonds is 6. The fourth-order valence-electron chi connectivity index (χ4n) is 4.70. The molecule has 1 amide bonds. The summed E-state index contributed by atoms with van der Waals surface area (Å²) < 4.78 is 47.0. The molecule has 12 heteroatoms. The first-order valence-electron chi connectivity index (χ1n) is 12.4. The smallest absolute Gasteiger partial charge is 0.419 e. The lowest BCUT2D eigenvalue weighted by Gasteiger charge is -2.29. The fourth-order valence-corrected chi connectivity index (χ4v) is 4.70. The van der Waals surface area contributed by atoms with Crippen LogP contribution in [0.4, 0.5) is 30.4 Å². The summed E-state index contributed by atoms with van der Waals surface area (Å²) in [6, 6.07) is 8.64. The summed E-state index contributed by atoms with van der Waals surface area (Å²) in [4.78, 5) is 24.0. The molecule has 3 heterocycles. The number of benzene rings is 2. The number of amides is 1. The van der Waals surface area contributed by atoms with Crippen LogP contribution < -0.4 is 15.4 Å². The molecule has 2 N–H and O–H groups in total. The zero-order chi connectivity index (χ0) is 27.7. The Kier molecular flexibility index (Phi) is 7.13. The molecule has 0 aliphatic carbocycles. The van der Waals surface area contributed by atoms with Crippen molar-refractivity contribution < 1.29 is 22.7 Å². The molecule has 39 heavy (non-hydrogen) atoms. The van der Waals surface area contributed by atoms with Crippen LogP contribution in [-0.4, -0.2) is 57.8 Å². The Morgan fingerprint density at radius 3 is 2.59 bits per heavy atom. The highest BCUT2D eigenvalue weighted by Gasteiger charge is 2.35. The van der Waals surface area contributed by atoms with E-state index >= 15 is 0 Å². The van der Waals surface area contributed by atoms with Gasteiger partial charge in [0.15, 0.2) is 5.65 Å². The van der Waals surface area contributed by atoms with Gasteiger partial charge in [-0.1, -0.05) is 6.07 Å². The van der Waals surface area contributed by atoms with Gasteiger partial charge in [0.1, 0.15) is 17.9 Å². The molecule has 4 aromatic rings. The van der Waals surface area contributed by atoms with Crippen molar-refractivity contribution >= 4 is 34.1 Å². The van der Waals surface area contributed by atoms with Gasteiger partial charge in [0.25, 0.3) is 5.91 Å². The molecule has 1 aliphatic rings. The number of aromatic nitrogens is 4. The van der Waals surface area contributed by atoms with Crippen molar-refractivity contribution in [2.45, 2.75) is 32.0 Å². The van der Waals surface area contributed by atoms with Gasteiger partial charge in [0, 0.05) is 16.9 Å². The number of halogens is 3. The van der Waals surface area contributed by atoms with Crippen LogP contribution in [0.2, 0.25) is 0 Å². The van der Waals surface area contributed by atoms with E-state index < -0.39 is 17.6 Å². The molecular formula is C27H28F3N7O2. The number of nitrogens with zero attached hydrogens (tertiary/aromatic N) is 5. The van der Waals surface area contributed by atoms with E-state index in [2.05, 4.69) is 37.6 Å². The fraction of sp³-hybridized carbons (Fsp3) is 0.333. The molecule has 9 nitrogen and oxygen atoms in total. The lowest BCUT2D eigenvalue weighted by Crippen LogP contribution is -2.31. The van der Waals surface area contributed by atoms with Crippen molar-refractivity contribution in [1.82, 2.24) is 24.6 Å². The maximum atomic E-state index is 13.4. The van der Waals surface area contributed by atoms with E-state index in [-0.39, 0.29) is 17.4 Å². The quantitative estimate of drug-likeness (QED) is 0.338. The second-order valence-electron chi connectivity index (χ2n) is 9.60. The number of hydrogen-bond donors (Lipinski definition) is 2. The molecule has 1 aliphatic heterocycles. The van der Waals surface area contributed by atoms with Gasteiger partial charge in [-0.2, -0.15) is 18.3 Å². The van der Waals surface area contributed by atoms with E-state index in [1.165, 1.54) is 12.4 Å². The van der Waals surface area contributed by atoms with Crippen LogP contribution in [0, 0.1) is 6.92 Å². The SMILES string of the molecule is COc1ccc(C(=O)Nc2ccc(C)c(Nc3ncnc4c3cnn4C3CCN(C)CC3)c2)cc1C(F)(F)F. The van der Waals surface area contributed by atoms with Gasteiger partial charge in [0.05, 0.1) is 30.3 Å². The van der Waals surface area contributed by atoms with E-state index in [9.17, 15) is 18.0 Å². The van der Waals surface area contributed by atoms with Crippen molar-refractivity contribution in [3.8, 4) is 5.75 Å². The summed E-state index contributed by atoms with van der Waals surface area (Å²) in [6.45, 7) is 3.88. The first-order chi connectivity index (χ1) is 18.6. The van der Waals surface area contributed by atoms with E-state index in [1.807, 2.05) is 11.6 Å². The van der Waals surface area contributed by atoms with Gasteiger partial charge in [0.2, 0.25) is 0 Å². The highest BCUT2D eigenvalue weighted by Crippen LogP contribution is 2.37. The summed E-state index contributed by atoms with van der Waals surface area (Å²) >= 11 is 0. The number of piperidine rings is 1. The van der Waals surface area contributed by atoms with Gasteiger partial charge in [-0.15, -0.1) is 0 Å². The second-order valence-corrected chi connectivity index (χ2v) is 9.60. The van der Waals surface area contributed by atoms with Crippen LogP contribution in [0.5, 0.6) is 5.75 Å². The van der Waals surface area contributed by atoms with Crippen molar-refractivity contribution in [3.05, 3.63) is 65.6 Å². The monoisotopic (exact) mass is 539 g/mol. The molecule has 1 fully saturated rings. The molecule has 2 aromatic carbocycles. The summed E-state index contributed by atoms with van der Waals surface area (Å²) in [5, 5.41) is 11.4. The number of ether oxygens (including phenoxy) is 1. The van der Waals surface area contributed by atoms with Crippen LogP contribution in [0.15, 0.2) is 48.9 Å². The molecule has 0 bridgehead atoms. The van der Waals surface area contributed by atoms with Gasteiger partial charge >= 0.3 is 6.18 Å². The van der Waals surface area contributed by atoms with E-state index in [1.54, 1.807) is 24.4 Å². The standard InChI is InChI=1S/C27H28F3N7O2/c1-16-4-6-18(34-26(38)17-5-7-23(39-3)21(12-17)27(28,29)30)13-22(16)35-24-20-14-33-37(25(20)32-15-31-24)19-8-10-36(2)11-9-19/h4-7,12-15,19H,8-11H2,1-3H3,(H,34,38)(H,31,32,35). The average Bonchev–Trinajstić information content (AvgIpc) is 3.35. The average molecular weight is 540 g/mol. The van der Waals surface area contributed by atoms with Crippen LogP contribution >= 0.6 is 0 Å². The Hall–Kier alpha value is -4.19. The van der Waals surface area contributed by atoms with Crippen LogP contribution in [-0.2, 0) is 6.18 Å². The number of anilines is 3. The van der Waals surface area contributed by atoms with E-state index in [4.69, 9.17) is 4.74 Å². The van der Waals surface area contributed by atoms with Crippen molar-refractivity contribution in [2.24, 2.45) is 0 Å². The molecule has 0 spiro atoms. The van der Waals surface area contributed by atoms with Gasteiger partial charge in [-0.25, -0.2) is 14.6 Å². The normalized spacial score (nSPS) is 14.9. The minimum atomic E-state index is -4.66.